The van der Waals surface area contributed by atoms with Crippen molar-refractivity contribution in [2.75, 3.05) is 26.9 Å². The molecule has 0 bridgehead atoms. The van der Waals surface area contributed by atoms with E-state index in [4.69, 9.17) is 27.8 Å². The van der Waals surface area contributed by atoms with Crippen molar-refractivity contribution in [3.8, 4) is 0 Å². The van der Waals surface area contributed by atoms with Crippen LogP contribution >= 0.6 is 0 Å². The van der Waals surface area contributed by atoms with E-state index in [-0.39, 0.29) is 36.4 Å². The first-order valence-electron chi connectivity index (χ1n) is 15.4. The van der Waals surface area contributed by atoms with Crippen molar-refractivity contribution >= 4 is 28.7 Å². The molecule has 0 unspecified atom stereocenters. The summed E-state index contributed by atoms with van der Waals surface area (Å²) in [4.78, 5) is 26.8. The normalized spacial score (nSPS) is 22.2. The van der Waals surface area contributed by atoms with Gasteiger partial charge < -0.3 is 38.2 Å². The molecular weight excluding hydrogens is 587 g/mol. The summed E-state index contributed by atoms with van der Waals surface area (Å²) in [6.45, 7) is 28.5. The molecule has 0 spiro atoms. The Morgan fingerprint density at radius 1 is 1.12 bits per heavy atom. The van der Waals surface area contributed by atoms with Crippen LogP contribution in [-0.2, 0) is 32.6 Å². The van der Waals surface area contributed by atoms with Crippen LogP contribution in [-0.4, -0.2) is 90.9 Å². The first-order chi connectivity index (χ1) is 19.4. The number of esters is 1. The molecule has 1 fully saturated rings. The van der Waals surface area contributed by atoms with Gasteiger partial charge in [0, 0.05) is 12.3 Å². The maximum absolute atomic E-state index is 14.0. The topological polar surface area (TPSA) is 122 Å². The van der Waals surface area contributed by atoms with Crippen molar-refractivity contribution in [2.45, 2.75) is 137 Å². The molecule has 252 valence electrons. The lowest BCUT2D eigenvalue weighted by Gasteiger charge is -2.49. The zero-order chi connectivity index (χ0) is 33.6. The molecule has 0 saturated carbocycles. The van der Waals surface area contributed by atoms with Gasteiger partial charge in [0.2, 0.25) is 0 Å². The zero-order valence-electron chi connectivity index (χ0n) is 29.5. The highest BCUT2D eigenvalue weighted by Crippen LogP contribution is 2.44. The first kappa shape index (κ1) is 39.7. The first-order valence-corrected chi connectivity index (χ1v) is 21.7. The predicted molar refractivity (Wildman–Crippen MR) is 174 cm³/mol. The number of ether oxygens (including phenoxy) is 4. The smallest absolute Gasteiger partial charge is 0.407 e. The molecule has 0 aromatic heterocycles. The Balaban J connectivity index is 3.89. The highest BCUT2D eigenvalue weighted by molar-refractivity contribution is 6.74. The molecule has 1 saturated heterocycles. The Kier molecular flexibility index (Phi) is 14.2. The van der Waals surface area contributed by atoms with Gasteiger partial charge in [-0.3, -0.25) is 4.79 Å². The van der Waals surface area contributed by atoms with Gasteiger partial charge in [0.1, 0.15) is 5.41 Å². The van der Waals surface area contributed by atoms with E-state index in [0.29, 0.717) is 18.6 Å². The van der Waals surface area contributed by atoms with Crippen molar-refractivity contribution in [3.05, 3.63) is 11.6 Å². The van der Waals surface area contributed by atoms with E-state index in [9.17, 15) is 14.7 Å². The minimum atomic E-state index is -2.33. The number of methoxy groups -OCH3 is 1. The van der Waals surface area contributed by atoms with Crippen molar-refractivity contribution < 1.29 is 42.5 Å². The molecule has 0 aromatic rings. The fourth-order valence-corrected chi connectivity index (χ4v) is 7.70. The second kappa shape index (κ2) is 15.3. The standard InChI is InChI=1S/C31H61NO9Si2/c1-16-37-28(35)32-25(17-21(2)19-33)31(9,27(34)36-10)26(41-42(11,12)13)22(3)24(40-43(14,15)29(4,5)6)18-23-20-38-30(7,8)39-23/h17,22-26,33H,16,18-20H2,1-15H3,(H,32,35)/b21-17+/t22-,23+,24-,25-,26+,31+/m1/s1. The van der Waals surface area contributed by atoms with E-state index in [1.807, 2.05) is 20.8 Å². The fraction of sp³-hybridized carbons (Fsp3) is 0.871. The molecule has 1 heterocycles. The number of rotatable bonds is 15. The summed E-state index contributed by atoms with van der Waals surface area (Å²) in [5.74, 6) is -1.61. The number of amides is 1. The Labute approximate surface area is 262 Å². The third-order valence-electron chi connectivity index (χ3n) is 8.47. The van der Waals surface area contributed by atoms with Gasteiger partial charge in [0.25, 0.3) is 0 Å². The number of nitrogens with one attached hydrogen (secondary N) is 1. The summed E-state index contributed by atoms with van der Waals surface area (Å²) < 4.78 is 36.8. The Morgan fingerprint density at radius 3 is 2.12 bits per heavy atom. The van der Waals surface area contributed by atoms with E-state index in [1.54, 1.807) is 26.8 Å². The lowest BCUT2D eigenvalue weighted by Crippen LogP contribution is -2.62. The van der Waals surface area contributed by atoms with Crippen LogP contribution in [0.1, 0.15) is 68.7 Å². The SMILES string of the molecule is CCOC(=O)N[C@H](/C=C(\C)CO)[C@](C)(C(=O)OC)[C@@H](O[Si](C)(C)C)[C@H](C)[C@@H](C[C@H]1COC(C)(C)O1)O[Si](C)(C)C(C)(C)C. The fourth-order valence-electron chi connectivity index (χ4n) is 5.06. The average molecular weight is 648 g/mol. The maximum atomic E-state index is 14.0. The maximum Gasteiger partial charge on any atom is 0.407 e. The molecule has 0 aliphatic carbocycles. The Hall–Kier alpha value is -1.29. The Morgan fingerprint density at radius 2 is 1.70 bits per heavy atom. The summed E-state index contributed by atoms with van der Waals surface area (Å²) in [7, 11) is -3.33. The van der Waals surface area contributed by atoms with E-state index in [0.717, 1.165) is 0 Å². The largest absolute Gasteiger partial charge is 0.468 e. The number of aliphatic hydroxyl groups is 1. The molecule has 10 nitrogen and oxygen atoms in total. The van der Waals surface area contributed by atoms with Crippen molar-refractivity contribution in [2.24, 2.45) is 11.3 Å². The highest BCUT2D eigenvalue weighted by atomic mass is 28.4. The zero-order valence-corrected chi connectivity index (χ0v) is 31.5. The second-order valence-electron chi connectivity index (χ2n) is 14.9. The third kappa shape index (κ3) is 11.2. The van der Waals surface area contributed by atoms with Crippen LogP contribution in [0.2, 0.25) is 37.8 Å². The number of hydrogen-bond donors (Lipinski definition) is 2. The van der Waals surface area contributed by atoms with Gasteiger partial charge in [-0.05, 0) is 72.4 Å². The number of carbonyl (C=O) groups is 2. The number of alkyl carbamates (subject to hydrolysis) is 1. The number of carbonyl (C=O) groups excluding carboxylic acids is 2. The molecule has 1 amide bonds. The van der Waals surface area contributed by atoms with E-state index in [2.05, 4.69) is 58.8 Å². The van der Waals surface area contributed by atoms with Crippen LogP contribution in [0, 0.1) is 11.3 Å². The van der Waals surface area contributed by atoms with E-state index < -0.39 is 52.0 Å². The van der Waals surface area contributed by atoms with Gasteiger partial charge >= 0.3 is 12.1 Å². The summed E-state index contributed by atoms with van der Waals surface area (Å²) in [6.07, 6.45) is 0.181. The molecule has 1 aliphatic heterocycles. The average Bonchev–Trinajstić information content (AvgIpc) is 3.21. The summed E-state index contributed by atoms with van der Waals surface area (Å²) in [5, 5.41) is 12.7. The minimum Gasteiger partial charge on any atom is -0.468 e. The minimum absolute atomic E-state index is 0.0764. The quantitative estimate of drug-likeness (QED) is 0.125. The molecule has 2 N–H and O–H groups in total. The van der Waals surface area contributed by atoms with Gasteiger partial charge in [-0.2, -0.15) is 0 Å². The molecule has 0 aromatic carbocycles. The van der Waals surface area contributed by atoms with E-state index >= 15 is 0 Å². The van der Waals surface area contributed by atoms with E-state index in [1.165, 1.54) is 7.11 Å². The molecule has 1 rings (SSSR count). The number of aliphatic hydroxyl groups excluding tert-OH is 1. The number of hydrogen-bond acceptors (Lipinski definition) is 9. The predicted octanol–water partition coefficient (Wildman–Crippen LogP) is 6.01. The molecule has 0 radical (unpaired) electrons. The summed E-state index contributed by atoms with van der Waals surface area (Å²) in [5.41, 5.74) is -0.858. The van der Waals surface area contributed by atoms with Gasteiger partial charge in [0.15, 0.2) is 22.4 Å². The van der Waals surface area contributed by atoms with Gasteiger partial charge in [0.05, 0.1) is 51.3 Å². The van der Waals surface area contributed by atoms with Crippen LogP contribution in [0.5, 0.6) is 0 Å². The third-order valence-corrected chi connectivity index (χ3v) is 13.9. The van der Waals surface area contributed by atoms with Crippen LogP contribution in [0.25, 0.3) is 0 Å². The highest BCUT2D eigenvalue weighted by Gasteiger charge is 2.55. The van der Waals surface area contributed by atoms with Crippen molar-refractivity contribution in [3.63, 3.8) is 0 Å². The molecule has 12 heteroatoms. The lowest BCUT2D eigenvalue weighted by molar-refractivity contribution is -0.164. The Bertz CT molecular complexity index is 958. The van der Waals surface area contributed by atoms with Crippen LogP contribution in [0.4, 0.5) is 4.79 Å². The second-order valence-corrected chi connectivity index (χ2v) is 24.1. The molecule has 6 atom stereocenters. The van der Waals surface area contributed by atoms with Crippen LogP contribution < -0.4 is 5.32 Å². The van der Waals surface area contributed by atoms with Gasteiger partial charge in [-0.1, -0.05) is 39.3 Å². The van der Waals surface area contributed by atoms with Crippen molar-refractivity contribution in [1.82, 2.24) is 5.32 Å². The van der Waals surface area contributed by atoms with Crippen molar-refractivity contribution in [1.29, 1.82) is 0 Å². The van der Waals surface area contributed by atoms with Crippen LogP contribution in [0.15, 0.2) is 11.6 Å². The van der Waals surface area contributed by atoms with Gasteiger partial charge in [-0.25, -0.2) is 4.79 Å². The molecule has 43 heavy (non-hydrogen) atoms. The van der Waals surface area contributed by atoms with Gasteiger partial charge in [-0.15, -0.1) is 0 Å². The summed E-state index contributed by atoms with van der Waals surface area (Å²) >= 11 is 0. The lowest BCUT2D eigenvalue weighted by atomic mass is 9.70. The summed E-state index contributed by atoms with van der Waals surface area (Å²) in [6, 6.07) is -0.923. The monoisotopic (exact) mass is 647 g/mol. The molecule has 1 aliphatic rings. The molecular formula is C31H61NO9Si2. The van der Waals surface area contributed by atoms with Crippen LogP contribution in [0.3, 0.4) is 0 Å².